The number of ether oxygens (including phenoxy) is 2. The van der Waals surface area contributed by atoms with E-state index in [1.165, 1.54) is 11.3 Å². The van der Waals surface area contributed by atoms with Crippen molar-refractivity contribution in [2.45, 2.75) is 46.3 Å². The standard InChI is InChI=1S/C24H29Cl2N3O3S/c1-4-5-8-29-16(2)20(24(30)27-7-6-9-31-3)13-22(29)21-15-33-23(28-21)14-32-19-11-17(25)10-18(26)12-19/h10-13,15H,4-9,14H2,1-3H3,(H,27,30). The van der Waals surface area contributed by atoms with Crippen LogP contribution in [0.15, 0.2) is 29.6 Å². The normalized spacial score (nSPS) is 11.1. The Labute approximate surface area is 208 Å². The predicted octanol–water partition coefficient (Wildman–Crippen LogP) is 6.37. The Balaban J connectivity index is 1.78. The molecule has 0 aliphatic carbocycles. The van der Waals surface area contributed by atoms with E-state index in [0.29, 0.717) is 41.1 Å². The number of carbonyl (C=O) groups excluding carboxylic acids is 1. The number of nitrogens with zero attached hydrogens (tertiary/aromatic N) is 2. The van der Waals surface area contributed by atoms with Crippen LogP contribution in [0.3, 0.4) is 0 Å². The number of halogens is 2. The van der Waals surface area contributed by atoms with Gasteiger partial charge in [-0.25, -0.2) is 4.98 Å². The molecule has 2 aromatic heterocycles. The number of hydrogen-bond acceptors (Lipinski definition) is 5. The van der Waals surface area contributed by atoms with Crippen LogP contribution in [-0.2, 0) is 17.9 Å². The van der Waals surface area contributed by atoms with Crippen LogP contribution in [-0.4, -0.2) is 35.7 Å². The molecular formula is C24H29Cl2N3O3S. The van der Waals surface area contributed by atoms with Crippen molar-refractivity contribution >= 4 is 40.4 Å². The molecular weight excluding hydrogens is 481 g/mol. The molecule has 33 heavy (non-hydrogen) atoms. The summed E-state index contributed by atoms with van der Waals surface area (Å²) in [4.78, 5) is 17.6. The molecule has 2 heterocycles. The first kappa shape index (κ1) is 25.6. The molecule has 0 spiro atoms. The molecule has 9 heteroatoms. The van der Waals surface area contributed by atoms with Gasteiger partial charge in [0, 0.05) is 47.9 Å². The van der Waals surface area contributed by atoms with Crippen LogP contribution in [0.1, 0.15) is 47.2 Å². The average molecular weight is 510 g/mol. The van der Waals surface area contributed by atoms with Gasteiger partial charge in [-0.2, -0.15) is 0 Å². The molecule has 1 N–H and O–H groups in total. The summed E-state index contributed by atoms with van der Waals surface area (Å²) in [6.45, 7) is 6.48. The zero-order chi connectivity index (χ0) is 23.8. The summed E-state index contributed by atoms with van der Waals surface area (Å²) in [5, 5.41) is 6.86. The smallest absolute Gasteiger partial charge is 0.253 e. The number of thiazole rings is 1. The maximum Gasteiger partial charge on any atom is 0.253 e. The highest BCUT2D eigenvalue weighted by Gasteiger charge is 2.20. The van der Waals surface area contributed by atoms with Crippen molar-refractivity contribution in [2.24, 2.45) is 0 Å². The van der Waals surface area contributed by atoms with Crippen molar-refractivity contribution in [3.05, 3.63) is 56.0 Å². The molecule has 6 nitrogen and oxygen atoms in total. The van der Waals surface area contributed by atoms with Crippen LogP contribution < -0.4 is 10.1 Å². The van der Waals surface area contributed by atoms with E-state index in [1.54, 1.807) is 25.3 Å². The molecule has 0 aliphatic heterocycles. The van der Waals surface area contributed by atoms with Crippen molar-refractivity contribution in [2.75, 3.05) is 20.3 Å². The van der Waals surface area contributed by atoms with Crippen molar-refractivity contribution in [3.8, 4) is 17.1 Å². The van der Waals surface area contributed by atoms with Gasteiger partial charge < -0.3 is 19.4 Å². The number of unbranched alkanes of at least 4 members (excludes halogenated alkanes) is 1. The molecule has 0 radical (unpaired) electrons. The van der Waals surface area contributed by atoms with Gasteiger partial charge >= 0.3 is 0 Å². The minimum absolute atomic E-state index is 0.0725. The monoisotopic (exact) mass is 509 g/mol. The first-order valence-corrected chi connectivity index (χ1v) is 12.6. The fourth-order valence-corrected chi connectivity index (χ4v) is 4.66. The fraction of sp³-hybridized carbons (Fsp3) is 0.417. The number of benzene rings is 1. The minimum Gasteiger partial charge on any atom is -0.486 e. The summed E-state index contributed by atoms with van der Waals surface area (Å²) in [5.74, 6) is 0.524. The molecule has 0 bridgehead atoms. The van der Waals surface area contributed by atoms with Crippen LogP contribution in [0.2, 0.25) is 10.0 Å². The fourth-order valence-electron chi connectivity index (χ4n) is 3.46. The largest absolute Gasteiger partial charge is 0.486 e. The van der Waals surface area contributed by atoms with E-state index in [0.717, 1.165) is 47.9 Å². The Hall–Kier alpha value is -2.06. The van der Waals surface area contributed by atoms with Gasteiger partial charge in [0.2, 0.25) is 0 Å². The highest BCUT2D eigenvalue weighted by atomic mass is 35.5. The maximum absolute atomic E-state index is 12.8. The quantitative estimate of drug-likeness (QED) is 0.288. The maximum atomic E-state index is 12.8. The molecule has 0 saturated heterocycles. The Kier molecular flexibility index (Phi) is 9.62. The van der Waals surface area contributed by atoms with Gasteiger partial charge in [0.1, 0.15) is 17.4 Å². The second-order valence-electron chi connectivity index (χ2n) is 7.66. The van der Waals surface area contributed by atoms with E-state index in [2.05, 4.69) is 16.8 Å². The average Bonchev–Trinajstić information content (AvgIpc) is 3.37. The van der Waals surface area contributed by atoms with Gasteiger partial charge in [0.15, 0.2) is 0 Å². The van der Waals surface area contributed by atoms with Gasteiger partial charge in [0.25, 0.3) is 5.91 Å². The molecule has 178 valence electrons. The number of rotatable bonds is 12. The molecule has 1 amide bonds. The third kappa shape index (κ3) is 6.96. The van der Waals surface area contributed by atoms with Crippen molar-refractivity contribution in [1.29, 1.82) is 0 Å². The van der Waals surface area contributed by atoms with Gasteiger partial charge in [-0.15, -0.1) is 11.3 Å². The SMILES string of the molecule is CCCCn1c(-c2csc(COc3cc(Cl)cc(Cl)c3)n2)cc(C(=O)NCCCOC)c1C. The molecule has 3 rings (SSSR count). The lowest BCUT2D eigenvalue weighted by atomic mass is 10.2. The van der Waals surface area contributed by atoms with Crippen molar-refractivity contribution in [1.82, 2.24) is 14.9 Å². The predicted molar refractivity (Wildman–Crippen MR) is 135 cm³/mol. The van der Waals surface area contributed by atoms with E-state index < -0.39 is 0 Å². The molecule has 0 fully saturated rings. The zero-order valence-corrected chi connectivity index (χ0v) is 21.4. The third-order valence-electron chi connectivity index (χ3n) is 5.17. The zero-order valence-electron chi connectivity index (χ0n) is 19.1. The summed E-state index contributed by atoms with van der Waals surface area (Å²) in [5.41, 5.74) is 3.40. The molecule has 0 unspecified atom stereocenters. The molecule has 0 atom stereocenters. The summed E-state index contributed by atoms with van der Waals surface area (Å²) in [6.07, 6.45) is 2.86. The first-order valence-electron chi connectivity index (χ1n) is 10.9. The lowest BCUT2D eigenvalue weighted by molar-refractivity contribution is 0.0948. The number of carbonyl (C=O) groups is 1. The number of methoxy groups -OCH3 is 1. The Bertz CT molecular complexity index is 1060. The summed E-state index contributed by atoms with van der Waals surface area (Å²) in [6, 6.07) is 7.04. The summed E-state index contributed by atoms with van der Waals surface area (Å²) >= 11 is 13.6. The number of nitrogens with one attached hydrogen (secondary N) is 1. The van der Waals surface area contributed by atoms with Crippen molar-refractivity contribution in [3.63, 3.8) is 0 Å². The second-order valence-corrected chi connectivity index (χ2v) is 9.47. The van der Waals surface area contributed by atoms with E-state index in [4.69, 9.17) is 37.7 Å². The topological polar surface area (TPSA) is 65.4 Å². The van der Waals surface area contributed by atoms with E-state index in [-0.39, 0.29) is 5.91 Å². The summed E-state index contributed by atoms with van der Waals surface area (Å²) < 4.78 is 13.1. The molecule has 3 aromatic rings. The lowest BCUT2D eigenvalue weighted by Gasteiger charge is -2.10. The Morgan fingerprint density at radius 1 is 1.18 bits per heavy atom. The third-order valence-corrected chi connectivity index (χ3v) is 6.43. The van der Waals surface area contributed by atoms with Crippen LogP contribution in [0, 0.1) is 6.92 Å². The van der Waals surface area contributed by atoms with Crippen LogP contribution in [0.5, 0.6) is 5.75 Å². The minimum atomic E-state index is -0.0725. The van der Waals surface area contributed by atoms with Gasteiger partial charge in [-0.3, -0.25) is 4.79 Å². The van der Waals surface area contributed by atoms with Crippen LogP contribution >= 0.6 is 34.5 Å². The van der Waals surface area contributed by atoms with Gasteiger partial charge in [-0.05, 0) is 44.0 Å². The van der Waals surface area contributed by atoms with E-state index in [9.17, 15) is 4.79 Å². The Morgan fingerprint density at radius 2 is 1.94 bits per heavy atom. The van der Waals surface area contributed by atoms with Gasteiger partial charge in [-0.1, -0.05) is 36.5 Å². The van der Waals surface area contributed by atoms with Gasteiger partial charge in [0.05, 0.1) is 17.0 Å². The highest BCUT2D eigenvalue weighted by Crippen LogP contribution is 2.29. The molecule has 0 aliphatic rings. The lowest BCUT2D eigenvalue weighted by Crippen LogP contribution is -2.25. The van der Waals surface area contributed by atoms with Crippen LogP contribution in [0.4, 0.5) is 0 Å². The summed E-state index contributed by atoms with van der Waals surface area (Å²) in [7, 11) is 1.66. The van der Waals surface area contributed by atoms with E-state index in [1.807, 2.05) is 18.4 Å². The molecule has 0 saturated carbocycles. The second kappa shape index (κ2) is 12.4. The Morgan fingerprint density at radius 3 is 2.64 bits per heavy atom. The first-order chi connectivity index (χ1) is 15.9. The number of aromatic nitrogens is 2. The molecule has 1 aromatic carbocycles. The van der Waals surface area contributed by atoms with Crippen molar-refractivity contribution < 1.29 is 14.3 Å². The number of hydrogen-bond donors (Lipinski definition) is 1. The highest BCUT2D eigenvalue weighted by molar-refractivity contribution is 7.09. The van der Waals surface area contributed by atoms with E-state index >= 15 is 0 Å². The van der Waals surface area contributed by atoms with Crippen LogP contribution in [0.25, 0.3) is 11.4 Å². The number of amides is 1.